The number of carbonyl (C=O) groups is 2. The van der Waals surface area contributed by atoms with Crippen molar-refractivity contribution in [3.8, 4) is 11.1 Å². The lowest BCUT2D eigenvalue weighted by molar-refractivity contribution is -0.141. The Bertz CT molecular complexity index is 1600. The second-order valence-electron chi connectivity index (χ2n) is 10.7. The Labute approximate surface area is 237 Å². The molecule has 1 amide bonds. The molecule has 2 aromatic heterocycles. The summed E-state index contributed by atoms with van der Waals surface area (Å²) in [5.41, 5.74) is -0.852. The summed E-state index contributed by atoms with van der Waals surface area (Å²) in [5, 5.41) is 6.33. The fourth-order valence-corrected chi connectivity index (χ4v) is 4.58. The summed E-state index contributed by atoms with van der Waals surface area (Å²) in [6.45, 7) is 4.44. The molecule has 0 radical (unpaired) electrons. The van der Waals surface area contributed by atoms with Crippen molar-refractivity contribution in [3.05, 3.63) is 106 Å². The lowest BCUT2D eigenvalue weighted by atomic mass is 9.92. The fraction of sp³-hybridized carbons (Fsp3) is 0.267. The van der Waals surface area contributed by atoms with E-state index in [1.54, 1.807) is 32.9 Å². The summed E-state index contributed by atoms with van der Waals surface area (Å²) >= 11 is 0. The first kappa shape index (κ1) is 30.5. The van der Waals surface area contributed by atoms with Crippen molar-refractivity contribution < 1.29 is 35.9 Å². The second kappa shape index (κ2) is 11.8. The third-order valence-electron chi connectivity index (χ3n) is 6.43. The van der Waals surface area contributed by atoms with Crippen LogP contribution < -0.4 is 5.32 Å². The number of rotatable bonds is 8. The third kappa shape index (κ3) is 7.04. The first-order chi connectivity index (χ1) is 19.7. The topological polar surface area (TPSA) is 76.9 Å². The Balaban J connectivity index is 1.75. The maximum absolute atomic E-state index is 14.0. The van der Waals surface area contributed by atoms with Crippen LogP contribution in [0.3, 0.4) is 0 Å². The molecule has 2 aromatic carbocycles. The van der Waals surface area contributed by atoms with E-state index in [2.05, 4.69) is 15.4 Å². The smallest absolute Gasteiger partial charge is 0.346 e. The normalized spacial score (nSPS) is 12.7. The molecular weight excluding hydrogens is 562 g/mol. The van der Waals surface area contributed by atoms with E-state index in [4.69, 9.17) is 0 Å². The first-order valence-electron chi connectivity index (χ1n) is 12.8. The summed E-state index contributed by atoms with van der Waals surface area (Å²) in [4.78, 5) is 29.1. The van der Waals surface area contributed by atoms with Crippen molar-refractivity contribution in [1.29, 1.82) is 0 Å². The standard InChI is InChI=1S/C30H26F6N4O2/c1-29(2,3)26-14-25(30(34,35)36)39-40(26)15-27(42)38-24(11-17-9-20(31)13-21(32)10-17)28-22(5-4-8-37-28)18-6-7-23(33)19(12-18)16-41/h4-10,12-14,16,24H,11,15H2,1-3H3,(H,38,42)/t24-/m0/s1. The predicted octanol–water partition coefficient (Wildman–Crippen LogP) is 6.59. The zero-order valence-corrected chi connectivity index (χ0v) is 22.8. The molecule has 0 unspecified atom stereocenters. The van der Waals surface area contributed by atoms with Crippen LogP contribution in [0.2, 0.25) is 0 Å². The van der Waals surface area contributed by atoms with Gasteiger partial charge in [-0.05, 0) is 53.9 Å². The summed E-state index contributed by atoms with van der Waals surface area (Å²) in [5.74, 6) is -3.19. The molecule has 6 nitrogen and oxygen atoms in total. The van der Waals surface area contributed by atoms with Gasteiger partial charge in [-0.15, -0.1) is 0 Å². The van der Waals surface area contributed by atoms with Gasteiger partial charge in [0.25, 0.3) is 0 Å². The quantitative estimate of drug-likeness (QED) is 0.186. The van der Waals surface area contributed by atoms with Crippen LogP contribution in [0.25, 0.3) is 11.1 Å². The Hall–Kier alpha value is -4.48. The second-order valence-corrected chi connectivity index (χ2v) is 10.7. The molecule has 0 saturated carbocycles. The average Bonchev–Trinajstić information content (AvgIpc) is 3.33. The van der Waals surface area contributed by atoms with Crippen LogP contribution in [0.4, 0.5) is 26.3 Å². The molecule has 2 heterocycles. The van der Waals surface area contributed by atoms with Crippen LogP contribution in [0.15, 0.2) is 60.8 Å². The molecule has 0 bridgehead atoms. The van der Waals surface area contributed by atoms with Gasteiger partial charge < -0.3 is 5.32 Å². The summed E-state index contributed by atoms with van der Waals surface area (Å²) in [7, 11) is 0. The maximum Gasteiger partial charge on any atom is 0.435 e. The predicted molar refractivity (Wildman–Crippen MR) is 142 cm³/mol. The molecule has 0 saturated heterocycles. The van der Waals surface area contributed by atoms with Crippen LogP contribution in [0, 0.1) is 17.5 Å². The van der Waals surface area contributed by atoms with Gasteiger partial charge in [0.2, 0.25) is 5.91 Å². The number of halogens is 6. The molecular formula is C30H26F6N4O2. The van der Waals surface area contributed by atoms with Gasteiger partial charge in [0.15, 0.2) is 12.0 Å². The van der Waals surface area contributed by atoms with E-state index in [1.165, 1.54) is 18.3 Å². The molecule has 0 aliphatic heterocycles. The van der Waals surface area contributed by atoms with Crippen molar-refractivity contribution in [2.24, 2.45) is 0 Å². The van der Waals surface area contributed by atoms with E-state index >= 15 is 0 Å². The van der Waals surface area contributed by atoms with E-state index in [0.717, 1.165) is 28.9 Å². The van der Waals surface area contributed by atoms with E-state index in [-0.39, 0.29) is 28.9 Å². The highest BCUT2D eigenvalue weighted by Crippen LogP contribution is 2.33. The van der Waals surface area contributed by atoms with Crippen molar-refractivity contribution in [2.75, 3.05) is 0 Å². The fourth-order valence-electron chi connectivity index (χ4n) is 4.58. The zero-order chi connectivity index (χ0) is 30.8. The minimum Gasteiger partial charge on any atom is -0.346 e. The van der Waals surface area contributed by atoms with Crippen LogP contribution in [0.1, 0.15) is 59.8 Å². The van der Waals surface area contributed by atoms with Crippen molar-refractivity contribution in [1.82, 2.24) is 20.1 Å². The number of alkyl halides is 3. The summed E-state index contributed by atoms with van der Waals surface area (Å²) < 4.78 is 83.4. The molecule has 0 fully saturated rings. The number of hydrogen-bond acceptors (Lipinski definition) is 4. The average molecular weight is 589 g/mol. The number of benzene rings is 2. The molecule has 1 atom stereocenters. The Morgan fingerprint density at radius 2 is 1.69 bits per heavy atom. The number of amides is 1. The van der Waals surface area contributed by atoms with Gasteiger partial charge in [-0.2, -0.15) is 18.3 Å². The van der Waals surface area contributed by atoms with Crippen LogP contribution in [-0.2, 0) is 29.4 Å². The Morgan fingerprint density at radius 1 is 1.00 bits per heavy atom. The van der Waals surface area contributed by atoms with E-state index in [0.29, 0.717) is 23.5 Å². The highest BCUT2D eigenvalue weighted by Gasteiger charge is 2.37. The molecule has 0 aliphatic carbocycles. The summed E-state index contributed by atoms with van der Waals surface area (Å²) in [6.07, 6.45) is -3.14. The summed E-state index contributed by atoms with van der Waals surface area (Å²) in [6, 6.07) is 9.65. The number of aromatic nitrogens is 3. The largest absolute Gasteiger partial charge is 0.435 e. The number of nitrogens with zero attached hydrogens (tertiary/aromatic N) is 3. The van der Waals surface area contributed by atoms with Gasteiger partial charge >= 0.3 is 6.18 Å². The maximum atomic E-state index is 14.0. The van der Waals surface area contributed by atoms with Gasteiger partial charge in [-0.1, -0.05) is 32.9 Å². The molecule has 12 heteroatoms. The molecule has 220 valence electrons. The Morgan fingerprint density at radius 3 is 2.31 bits per heavy atom. The molecule has 0 aliphatic rings. The van der Waals surface area contributed by atoms with Gasteiger partial charge in [-0.25, -0.2) is 13.2 Å². The van der Waals surface area contributed by atoms with Crippen molar-refractivity contribution in [2.45, 2.75) is 51.4 Å². The van der Waals surface area contributed by atoms with Gasteiger partial charge in [0.05, 0.1) is 17.3 Å². The Kier molecular flexibility index (Phi) is 8.55. The lowest BCUT2D eigenvalue weighted by Crippen LogP contribution is -2.35. The van der Waals surface area contributed by atoms with E-state index in [9.17, 15) is 35.9 Å². The third-order valence-corrected chi connectivity index (χ3v) is 6.43. The number of pyridine rings is 1. The van der Waals surface area contributed by atoms with Crippen molar-refractivity contribution >= 4 is 12.2 Å². The van der Waals surface area contributed by atoms with Crippen LogP contribution in [0.5, 0.6) is 0 Å². The number of aldehydes is 1. The van der Waals surface area contributed by atoms with Crippen LogP contribution in [-0.4, -0.2) is 27.0 Å². The minimum atomic E-state index is -4.73. The van der Waals surface area contributed by atoms with Gasteiger partial charge in [0.1, 0.15) is 24.0 Å². The van der Waals surface area contributed by atoms with Gasteiger partial charge in [0, 0.05) is 28.9 Å². The number of nitrogens with one attached hydrogen (secondary N) is 1. The zero-order valence-electron chi connectivity index (χ0n) is 22.8. The SMILES string of the molecule is CC(C)(C)c1cc(C(F)(F)F)nn1CC(=O)N[C@@H](Cc1cc(F)cc(F)c1)c1ncccc1-c1ccc(F)c(C=O)c1. The first-order valence-corrected chi connectivity index (χ1v) is 12.8. The molecule has 1 N–H and O–H groups in total. The highest BCUT2D eigenvalue weighted by molar-refractivity contribution is 5.80. The van der Waals surface area contributed by atoms with Gasteiger partial charge in [-0.3, -0.25) is 19.3 Å². The molecule has 42 heavy (non-hydrogen) atoms. The highest BCUT2D eigenvalue weighted by atomic mass is 19.4. The van der Waals surface area contributed by atoms with E-state index in [1.807, 2.05) is 0 Å². The van der Waals surface area contributed by atoms with E-state index < -0.39 is 53.2 Å². The molecule has 4 rings (SSSR count). The van der Waals surface area contributed by atoms with Crippen LogP contribution >= 0.6 is 0 Å². The monoisotopic (exact) mass is 588 g/mol. The molecule has 4 aromatic rings. The number of carbonyl (C=O) groups excluding carboxylic acids is 2. The minimum absolute atomic E-state index is 0.162. The molecule has 0 spiro atoms. The number of hydrogen-bond donors (Lipinski definition) is 1. The van der Waals surface area contributed by atoms with Crippen molar-refractivity contribution in [3.63, 3.8) is 0 Å². The lowest BCUT2D eigenvalue weighted by Gasteiger charge is -2.23.